The van der Waals surface area contributed by atoms with Gasteiger partial charge in [0, 0.05) is 30.2 Å². The van der Waals surface area contributed by atoms with Gasteiger partial charge in [-0.15, -0.1) is 0 Å². The van der Waals surface area contributed by atoms with Crippen LogP contribution in [0, 0.1) is 23.1 Å². The van der Waals surface area contributed by atoms with Crippen molar-refractivity contribution in [2.75, 3.05) is 13.1 Å². The van der Waals surface area contributed by atoms with Crippen molar-refractivity contribution in [1.29, 1.82) is 5.26 Å². The lowest BCUT2D eigenvalue weighted by Gasteiger charge is -2.32. The molecule has 1 aromatic heterocycles. The van der Waals surface area contributed by atoms with E-state index in [4.69, 9.17) is 5.26 Å². The molecule has 2 aromatic carbocycles. The third-order valence-corrected chi connectivity index (χ3v) is 5.64. The van der Waals surface area contributed by atoms with Crippen molar-refractivity contribution in [2.24, 2.45) is 5.92 Å². The summed E-state index contributed by atoms with van der Waals surface area (Å²) < 4.78 is 15.8. The van der Waals surface area contributed by atoms with Gasteiger partial charge in [0.05, 0.1) is 11.6 Å². The van der Waals surface area contributed by atoms with Crippen molar-refractivity contribution in [1.82, 2.24) is 9.47 Å². The largest absolute Gasteiger partial charge is 0.341 e. The SMILES string of the molecule is N#Cc1ccc2c(ccn2CC(=O)N2CCC(Cc3ccccc3F)CC2)c1. The van der Waals surface area contributed by atoms with Crippen LogP contribution < -0.4 is 0 Å². The molecule has 0 aliphatic carbocycles. The van der Waals surface area contributed by atoms with Gasteiger partial charge in [-0.3, -0.25) is 4.79 Å². The molecule has 0 atom stereocenters. The van der Waals surface area contributed by atoms with Crippen LogP contribution in [0.1, 0.15) is 24.0 Å². The fourth-order valence-corrected chi connectivity index (χ4v) is 4.01. The smallest absolute Gasteiger partial charge is 0.242 e. The molecule has 3 aromatic rings. The topological polar surface area (TPSA) is 49.0 Å². The molecule has 0 saturated carbocycles. The molecule has 0 radical (unpaired) electrons. The second kappa shape index (κ2) is 7.85. The Morgan fingerprint density at radius 3 is 2.68 bits per heavy atom. The van der Waals surface area contributed by atoms with Crippen LogP contribution >= 0.6 is 0 Å². The average Bonchev–Trinajstić information content (AvgIpc) is 3.12. The number of fused-ring (bicyclic) bond motifs is 1. The van der Waals surface area contributed by atoms with E-state index in [1.54, 1.807) is 12.1 Å². The second-order valence-corrected chi connectivity index (χ2v) is 7.45. The molecule has 0 unspecified atom stereocenters. The Morgan fingerprint density at radius 2 is 1.93 bits per heavy atom. The van der Waals surface area contributed by atoms with Crippen LogP contribution in [-0.4, -0.2) is 28.5 Å². The first-order valence-electron chi connectivity index (χ1n) is 9.64. The molecule has 1 amide bonds. The van der Waals surface area contributed by atoms with E-state index >= 15 is 0 Å². The average molecular weight is 375 g/mol. The van der Waals surface area contributed by atoms with Gasteiger partial charge in [0.25, 0.3) is 0 Å². The number of amides is 1. The Bertz CT molecular complexity index is 1040. The highest BCUT2D eigenvalue weighted by molar-refractivity contribution is 5.84. The number of carbonyl (C=O) groups excluding carboxylic acids is 1. The van der Waals surface area contributed by atoms with Gasteiger partial charge in [-0.25, -0.2) is 4.39 Å². The number of halogens is 1. The van der Waals surface area contributed by atoms with E-state index < -0.39 is 0 Å². The fraction of sp³-hybridized carbons (Fsp3) is 0.304. The Kier molecular flexibility index (Phi) is 5.12. The summed E-state index contributed by atoms with van der Waals surface area (Å²) in [6.45, 7) is 1.73. The number of rotatable bonds is 4. The molecule has 1 fully saturated rings. The first-order chi connectivity index (χ1) is 13.6. The number of hydrogen-bond acceptors (Lipinski definition) is 2. The molecule has 1 saturated heterocycles. The maximum absolute atomic E-state index is 13.9. The highest BCUT2D eigenvalue weighted by Crippen LogP contribution is 2.24. The molecule has 4 nitrogen and oxygen atoms in total. The van der Waals surface area contributed by atoms with Gasteiger partial charge in [-0.1, -0.05) is 18.2 Å². The van der Waals surface area contributed by atoms with Crippen LogP contribution in [0.3, 0.4) is 0 Å². The van der Waals surface area contributed by atoms with E-state index in [1.807, 2.05) is 46.0 Å². The van der Waals surface area contributed by atoms with E-state index in [0.717, 1.165) is 48.8 Å². The Balaban J connectivity index is 1.36. The molecule has 0 spiro atoms. The summed E-state index contributed by atoms with van der Waals surface area (Å²) in [4.78, 5) is 14.7. The molecule has 28 heavy (non-hydrogen) atoms. The zero-order chi connectivity index (χ0) is 19.5. The number of benzene rings is 2. The minimum absolute atomic E-state index is 0.103. The first kappa shape index (κ1) is 18.2. The monoisotopic (exact) mass is 375 g/mol. The van der Waals surface area contributed by atoms with Crippen LogP contribution in [0.2, 0.25) is 0 Å². The summed E-state index contributed by atoms with van der Waals surface area (Å²) >= 11 is 0. The third kappa shape index (κ3) is 3.77. The number of hydrogen-bond donors (Lipinski definition) is 0. The normalized spacial score (nSPS) is 14.9. The lowest BCUT2D eigenvalue weighted by atomic mass is 9.90. The molecule has 142 valence electrons. The predicted molar refractivity (Wildman–Crippen MR) is 106 cm³/mol. The van der Waals surface area contributed by atoms with E-state index in [1.165, 1.54) is 6.07 Å². The summed E-state index contributed by atoms with van der Waals surface area (Å²) in [7, 11) is 0. The zero-order valence-electron chi connectivity index (χ0n) is 15.6. The highest BCUT2D eigenvalue weighted by Gasteiger charge is 2.24. The van der Waals surface area contributed by atoms with Crippen LogP contribution in [-0.2, 0) is 17.8 Å². The molecule has 2 heterocycles. The molecular weight excluding hydrogens is 353 g/mol. The van der Waals surface area contributed by atoms with E-state index in [-0.39, 0.29) is 11.7 Å². The van der Waals surface area contributed by atoms with Gasteiger partial charge < -0.3 is 9.47 Å². The molecule has 5 heteroatoms. The number of likely N-dealkylation sites (tertiary alicyclic amines) is 1. The quantitative estimate of drug-likeness (QED) is 0.688. The number of piperidine rings is 1. The van der Waals surface area contributed by atoms with Crippen molar-refractivity contribution in [3.05, 3.63) is 71.7 Å². The van der Waals surface area contributed by atoms with E-state index in [9.17, 15) is 9.18 Å². The van der Waals surface area contributed by atoms with Gasteiger partial charge in [-0.05, 0) is 61.1 Å². The summed E-state index contributed by atoms with van der Waals surface area (Å²) in [5.41, 5.74) is 2.35. The molecule has 1 aliphatic rings. The van der Waals surface area contributed by atoms with Gasteiger partial charge in [-0.2, -0.15) is 5.26 Å². The Morgan fingerprint density at radius 1 is 1.14 bits per heavy atom. The lowest BCUT2D eigenvalue weighted by molar-refractivity contribution is -0.133. The van der Waals surface area contributed by atoms with Crippen molar-refractivity contribution in [3.63, 3.8) is 0 Å². The maximum Gasteiger partial charge on any atom is 0.242 e. The second-order valence-electron chi connectivity index (χ2n) is 7.45. The maximum atomic E-state index is 13.9. The number of carbonyl (C=O) groups is 1. The number of nitriles is 1. The Hall–Kier alpha value is -3.13. The van der Waals surface area contributed by atoms with Crippen LogP contribution in [0.4, 0.5) is 4.39 Å². The summed E-state index contributed by atoms with van der Waals surface area (Å²) in [5.74, 6) is 0.379. The van der Waals surface area contributed by atoms with Crippen molar-refractivity contribution in [3.8, 4) is 6.07 Å². The van der Waals surface area contributed by atoms with E-state index in [2.05, 4.69) is 6.07 Å². The molecule has 0 bridgehead atoms. The lowest BCUT2D eigenvalue weighted by Crippen LogP contribution is -2.40. The minimum atomic E-state index is -0.139. The van der Waals surface area contributed by atoms with Gasteiger partial charge in [0.2, 0.25) is 5.91 Å². The highest BCUT2D eigenvalue weighted by atomic mass is 19.1. The van der Waals surface area contributed by atoms with E-state index in [0.29, 0.717) is 18.0 Å². The number of nitrogens with zero attached hydrogens (tertiary/aromatic N) is 3. The number of aromatic nitrogens is 1. The molecular formula is C23H22FN3O. The van der Waals surface area contributed by atoms with Gasteiger partial charge in [0.15, 0.2) is 0 Å². The van der Waals surface area contributed by atoms with Crippen molar-refractivity contribution >= 4 is 16.8 Å². The van der Waals surface area contributed by atoms with Crippen molar-refractivity contribution < 1.29 is 9.18 Å². The van der Waals surface area contributed by atoms with Crippen molar-refractivity contribution in [2.45, 2.75) is 25.8 Å². The van der Waals surface area contributed by atoms with Crippen LogP contribution in [0.25, 0.3) is 10.9 Å². The minimum Gasteiger partial charge on any atom is -0.341 e. The summed E-state index contributed by atoms with van der Waals surface area (Å²) in [5, 5.41) is 9.98. The van der Waals surface area contributed by atoms with Crippen LogP contribution in [0.15, 0.2) is 54.7 Å². The molecule has 4 rings (SSSR count). The molecule has 1 aliphatic heterocycles. The fourth-order valence-electron chi connectivity index (χ4n) is 4.01. The third-order valence-electron chi connectivity index (χ3n) is 5.64. The predicted octanol–water partition coefficient (Wildman–Crippen LogP) is 4.13. The zero-order valence-corrected chi connectivity index (χ0v) is 15.6. The molecule has 0 N–H and O–H groups in total. The van der Waals surface area contributed by atoms with Gasteiger partial charge >= 0.3 is 0 Å². The summed E-state index contributed by atoms with van der Waals surface area (Å²) in [6.07, 6.45) is 4.43. The van der Waals surface area contributed by atoms with Crippen LogP contribution in [0.5, 0.6) is 0 Å². The first-order valence-corrected chi connectivity index (χ1v) is 9.64. The Labute approximate surface area is 163 Å². The summed E-state index contributed by atoms with van der Waals surface area (Å²) in [6, 6.07) is 16.5. The van der Waals surface area contributed by atoms with Gasteiger partial charge in [0.1, 0.15) is 12.4 Å². The standard InChI is InChI=1S/C23H22FN3O/c24-21-4-2-1-3-19(21)13-17-7-10-26(11-8-17)23(28)16-27-12-9-20-14-18(15-25)5-6-22(20)27/h1-6,9,12,14,17H,7-8,10-11,13,16H2.